The van der Waals surface area contributed by atoms with Gasteiger partial charge in [0.2, 0.25) is 0 Å². The van der Waals surface area contributed by atoms with Gasteiger partial charge in [0.1, 0.15) is 0 Å². The molecule has 1 heterocycles. The Morgan fingerprint density at radius 2 is 0.895 bits per heavy atom. The van der Waals surface area contributed by atoms with Gasteiger partial charge in [-0.15, -0.1) is 11.3 Å². The molecule has 1 aliphatic carbocycles. The van der Waals surface area contributed by atoms with E-state index in [1.54, 1.807) is 0 Å². The summed E-state index contributed by atoms with van der Waals surface area (Å²) in [5, 5.41) is 5.14. The Morgan fingerprint density at radius 3 is 1.65 bits per heavy atom. The summed E-state index contributed by atoms with van der Waals surface area (Å²) in [6, 6.07) is 73.7. The van der Waals surface area contributed by atoms with Crippen molar-refractivity contribution in [3.05, 3.63) is 211 Å². The first kappa shape index (κ1) is 33.6. The molecule has 0 spiro atoms. The Bertz CT molecular complexity index is 3130. The molecule has 0 N–H and O–H groups in total. The zero-order chi connectivity index (χ0) is 38.1. The van der Waals surface area contributed by atoms with Crippen LogP contribution in [0.1, 0.15) is 25.0 Å². The minimum absolute atomic E-state index is 0.0937. The number of hydrogen-bond donors (Lipinski definition) is 0. The van der Waals surface area contributed by atoms with Crippen LogP contribution in [0.25, 0.3) is 75.5 Å². The summed E-state index contributed by atoms with van der Waals surface area (Å²) in [7, 11) is 0. The quantitative estimate of drug-likeness (QED) is 0.164. The second kappa shape index (κ2) is 13.2. The second-order valence-electron chi connectivity index (χ2n) is 15.7. The molecule has 0 atom stereocenters. The SMILES string of the molecule is CC1(C)c2ccccc2-c2c(N(c3ccc(-c4ccc(-c5ccc(-c6cccc7ccccc67)cc5)cc4)cc3)c3cccc4sc5ccccc5c34)cccc21. The molecule has 57 heavy (non-hydrogen) atoms. The van der Waals surface area contributed by atoms with Crippen molar-refractivity contribution in [2.75, 3.05) is 4.90 Å². The van der Waals surface area contributed by atoms with E-state index < -0.39 is 0 Å². The van der Waals surface area contributed by atoms with Gasteiger partial charge < -0.3 is 4.90 Å². The number of rotatable bonds is 6. The van der Waals surface area contributed by atoms with Gasteiger partial charge >= 0.3 is 0 Å². The fourth-order valence-corrected chi connectivity index (χ4v) is 10.4. The lowest BCUT2D eigenvalue weighted by Crippen LogP contribution is -2.16. The Hall–Kier alpha value is -6.74. The van der Waals surface area contributed by atoms with Crippen molar-refractivity contribution >= 4 is 59.3 Å². The predicted molar refractivity (Wildman–Crippen MR) is 245 cm³/mol. The van der Waals surface area contributed by atoms with Crippen molar-refractivity contribution < 1.29 is 0 Å². The maximum absolute atomic E-state index is 2.51. The molecule has 0 aliphatic heterocycles. The van der Waals surface area contributed by atoms with Crippen LogP contribution >= 0.6 is 11.3 Å². The number of fused-ring (bicyclic) bond motifs is 7. The number of benzene rings is 9. The lowest BCUT2D eigenvalue weighted by atomic mass is 9.82. The van der Waals surface area contributed by atoms with Crippen LogP contribution in [0.4, 0.5) is 17.1 Å². The van der Waals surface area contributed by atoms with Crippen LogP contribution in [0.2, 0.25) is 0 Å². The summed E-state index contributed by atoms with van der Waals surface area (Å²) in [5.74, 6) is 0. The maximum Gasteiger partial charge on any atom is 0.0555 e. The molecule has 1 aliphatic rings. The van der Waals surface area contributed by atoms with Crippen LogP contribution in [0.3, 0.4) is 0 Å². The summed E-state index contributed by atoms with van der Waals surface area (Å²) >= 11 is 1.87. The maximum atomic E-state index is 2.51. The molecule has 0 saturated carbocycles. The molecule has 2 heteroatoms. The summed E-state index contributed by atoms with van der Waals surface area (Å²) < 4.78 is 2.61. The van der Waals surface area contributed by atoms with Gasteiger partial charge in [-0.05, 0) is 97.2 Å². The molecule has 0 unspecified atom stereocenters. The highest BCUT2D eigenvalue weighted by Crippen LogP contribution is 2.55. The highest BCUT2D eigenvalue weighted by atomic mass is 32.1. The van der Waals surface area contributed by atoms with Crippen molar-refractivity contribution in [3.63, 3.8) is 0 Å². The second-order valence-corrected chi connectivity index (χ2v) is 16.8. The van der Waals surface area contributed by atoms with Crippen LogP contribution in [0, 0.1) is 0 Å². The van der Waals surface area contributed by atoms with Crippen LogP contribution in [0.5, 0.6) is 0 Å². The lowest BCUT2D eigenvalue weighted by molar-refractivity contribution is 0.660. The Morgan fingerprint density at radius 1 is 0.386 bits per heavy atom. The van der Waals surface area contributed by atoms with E-state index in [2.05, 4.69) is 219 Å². The summed E-state index contributed by atoms with van der Waals surface area (Å²) in [6.45, 7) is 4.72. The first-order chi connectivity index (χ1) is 28.0. The summed E-state index contributed by atoms with van der Waals surface area (Å²) in [5.41, 5.74) is 16.2. The summed E-state index contributed by atoms with van der Waals surface area (Å²) in [6.07, 6.45) is 0. The van der Waals surface area contributed by atoms with E-state index in [1.165, 1.54) is 98.0 Å². The van der Waals surface area contributed by atoms with Crippen molar-refractivity contribution in [1.29, 1.82) is 0 Å². The third-order valence-corrected chi connectivity index (χ3v) is 13.2. The van der Waals surface area contributed by atoms with E-state index in [-0.39, 0.29) is 5.41 Å². The zero-order valence-electron chi connectivity index (χ0n) is 31.9. The molecule has 270 valence electrons. The zero-order valence-corrected chi connectivity index (χ0v) is 32.7. The molecule has 9 aromatic carbocycles. The van der Waals surface area contributed by atoms with Gasteiger partial charge in [-0.1, -0.05) is 178 Å². The van der Waals surface area contributed by atoms with E-state index >= 15 is 0 Å². The van der Waals surface area contributed by atoms with Crippen molar-refractivity contribution in [2.24, 2.45) is 0 Å². The van der Waals surface area contributed by atoms with E-state index in [9.17, 15) is 0 Å². The van der Waals surface area contributed by atoms with Gasteiger partial charge in [0.25, 0.3) is 0 Å². The van der Waals surface area contributed by atoms with E-state index in [0.29, 0.717) is 0 Å². The van der Waals surface area contributed by atoms with Crippen LogP contribution in [-0.2, 0) is 5.41 Å². The lowest BCUT2D eigenvalue weighted by Gasteiger charge is -2.29. The molecule has 0 saturated heterocycles. The van der Waals surface area contributed by atoms with Crippen molar-refractivity contribution in [1.82, 2.24) is 0 Å². The van der Waals surface area contributed by atoms with Gasteiger partial charge in [-0.2, -0.15) is 0 Å². The predicted octanol–water partition coefficient (Wildman–Crippen LogP) is 16.0. The smallest absolute Gasteiger partial charge is 0.0555 e. The standard InChI is InChI=1S/C55H39NS/c1-55(2)47-18-7-5-15-45(47)53-48(55)19-10-20-49(53)56(50-21-11-23-52-54(50)46-16-6-8-22-51(46)57-52)42-34-32-39(33-35-42)37-26-24-36(25-27-37)38-28-30-41(31-29-38)44-17-9-13-40-12-3-4-14-43(40)44/h3-35H,1-2H3. The number of anilines is 3. The molecule has 0 radical (unpaired) electrons. The van der Waals surface area contributed by atoms with E-state index in [0.717, 1.165) is 5.69 Å². The van der Waals surface area contributed by atoms with Crippen LogP contribution in [0.15, 0.2) is 200 Å². The van der Waals surface area contributed by atoms with Crippen molar-refractivity contribution in [3.8, 4) is 44.5 Å². The van der Waals surface area contributed by atoms with E-state index in [4.69, 9.17) is 0 Å². The van der Waals surface area contributed by atoms with Gasteiger partial charge in [-0.25, -0.2) is 0 Å². The molecular weight excluding hydrogens is 707 g/mol. The van der Waals surface area contributed by atoms with Gasteiger partial charge in [0, 0.05) is 36.8 Å². The first-order valence-electron chi connectivity index (χ1n) is 19.8. The van der Waals surface area contributed by atoms with Gasteiger partial charge in [0.05, 0.1) is 11.4 Å². The average Bonchev–Trinajstić information content (AvgIpc) is 3.77. The molecule has 0 amide bonds. The third-order valence-electron chi connectivity index (χ3n) is 12.1. The fourth-order valence-electron chi connectivity index (χ4n) is 9.25. The number of nitrogens with zero attached hydrogens (tertiary/aromatic N) is 1. The van der Waals surface area contributed by atoms with Crippen LogP contribution in [-0.4, -0.2) is 0 Å². The molecular formula is C55H39NS. The van der Waals surface area contributed by atoms with Gasteiger partial charge in [0.15, 0.2) is 0 Å². The molecule has 1 nitrogen and oxygen atoms in total. The Balaban J connectivity index is 0.977. The largest absolute Gasteiger partial charge is 0.309 e. The monoisotopic (exact) mass is 745 g/mol. The Kier molecular flexibility index (Phi) is 7.77. The van der Waals surface area contributed by atoms with Crippen molar-refractivity contribution in [2.45, 2.75) is 19.3 Å². The molecule has 0 bridgehead atoms. The number of thiophene rings is 1. The first-order valence-corrected chi connectivity index (χ1v) is 20.6. The molecule has 10 aromatic rings. The highest BCUT2D eigenvalue weighted by molar-refractivity contribution is 7.26. The molecule has 0 fully saturated rings. The van der Waals surface area contributed by atoms with Gasteiger partial charge in [-0.3, -0.25) is 0 Å². The average molecular weight is 746 g/mol. The number of hydrogen-bond acceptors (Lipinski definition) is 2. The third kappa shape index (κ3) is 5.44. The summed E-state index contributed by atoms with van der Waals surface area (Å²) in [4.78, 5) is 2.51. The highest BCUT2D eigenvalue weighted by Gasteiger charge is 2.38. The normalized spacial score (nSPS) is 12.9. The van der Waals surface area contributed by atoms with E-state index in [1.807, 2.05) is 11.3 Å². The fraction of sp³-hybridized carbons (Fsp3) is 0.0545. The molecule has 11 rings (SSSR count). The Labute approximate surface area is 337 Å². The minimum atomic E-state index is -0.0937. The minimum Gasteiger partial charge on any atom is -0.309 e. The topological polar surface area (TPSA) is 3.24 Å². The molecule has 1 aromatic heterocycles. The van der Waals surface area contributed by atoms with Crippen LogP contribution < -0.4 is 4.90 Å².